The van der Waals surface area contributed by atoms with E-state index in [1.807, 2.05) is 30.3 Å². The molecule has 0 bridgehead atoms. The van der Waals surface area contributed by atoms with Gasteiger partial charge in [-0.3, -0.25) is 14.5 Å². The number of piperazine rings is 1. The molecule has 1 aliphatic heterocycles. The van der Waals surface area contributed by atoms with Crippen molar-refractivity contribution < 1.29 is 9.59 Å². The van der Waals surface area contributed by atoms with Crippen LogP contribution in [0.4, 0.5) is 0 Å². The van der Waals surface area contributed by atoms with Crippen LogP contribution in [-0.4, -0.2) is 62.5 Å². The van der Waals surface area contributed by atoms with E-state index in [1.54, 1.807) is 0 Å². The van der Waals surface area contributed by atoms with Crippen LogP contribution in [0.1, 0.15) is 12.0 Å². The van der Waals surface area contributed by atoms with Crippen molar-refractivity contribution in [3.05, 3.63) is 35.9 Å². The lowest BCUT2D eigenvalue weighted by molar-refractivity contribution is -0.122. The second kappa shape index (κ2) is 11.8. The molecule has 1 heterocycles. The van der Waals surface area contributed by atoms with Crippen LogP contribution in [0.15, 0.2) is 30.3 Å². The highest BCUT2D eigenvalue weighted by atomic mass is 35.5. The number of benzene rings is 1. The molecule has 0 aliphatic carbocycles. The fourth-order valence-corrected chi connectivity index (χ4v) is 2.54. The highest BCUT2D eigenvalue weighted by Gasteiger charge is 2.09. The molecule has 1 saturated heterocycles. The number of carbonyl (C=O) groups is 2. The molecule has 1 aromatic carbocycles. The molecule has 24 heavy (non-hydrogen) atoms. The van der Waals surface area contributed by atoms with E-state index >= 15 is 0 Å². The van der Waals surface area contributed by atoms with Gasteiger partial charge in [-0.2, -0.15) is 0 Å². The van der Waals surface area contributed by atoms with Crippen molar-refractivity contribution in [3.8, 4) is 0 Å². The standard InChI is InChI=1S/C17H26N4O2.ClH/c22-16(20-10-13-21-11-8-18-9-12-21)6-7-19-17(23)14-15-4-2-1-3-5-15;/h1-5,18H,6-14H2,(H,19,23)(H,20,22);1H. The zero-order valence-electron chi connectivity index (χ0n) is 13.9. The number of hydrogen-bond donors (Lipinski definition) is 3. The van der Waals surface area contributed by atoms with Gasteiger partial charge in [0.05, 0.1) is 6.42 Å². The molecule has 0 atom stereocenters. The van der Waals surface area contributed by atoms with Crippen molar-refractivity contribution in [2.45, 2.75) is 12.8 Å². The first-order valence-electron chi connectivity index (χ1n) is 8.24. The minimum Gasteiger partial charge on any atom is -0.355 e. The van der Waals surface area contributed by atoms with E-state index in [-0.39, 0.29) is 24.2 Å². The average molecular weight is 355 g/mol. The van der Waals surface area contributed by atoms with Gasteiger partial charge < -0.3 is 16.0 Å². The molecule has 0 aromatic heterocycles. The van der Waals surface area contributed by atoms with Gasteiger partial charge in [-0.15, -0.1) is 12.4 Å². The van der Waals surface area contributed by atoms with Crippen LogP contribution in [-0.2, 0) is 16.0 Å². The first-order valence-corrected chi connectivity index (χ1v) is 8.24. The summed E-state index contributed by atoms with van der Waals surface area (Å²) in [6, 6.07) is 9.58. The van der Waals surface area contributed by atoms with Gasteiger partial charge in [0.1, 0.15) is 0 Å². The van der Waals surface area contributed by atoms with Crippen molar-refractivity contribution in [1.82, 2.24) is 20.9 Å². The average Bonchev–Trinajstić information content (AvgIpc) is 2.57. The summed E-state index contributed by atoms with van der Waals surface area (Å²) in [4.78, 5) is 25.8. The Hall–Kier alpha value is -1.63. The molecule has 7 heteroatoms. The van der Waals surface area contributed by atoms with E-state index < -0.39 is 0 Å². The van der Waals surface area contributed by atoms with E-state index in [1.165, 1.54) is 0 Å². The molecule has 2 rings (SSSR count). The Kier molecular flexibility index (Phi) is 10.1. The normalized spacial score (nSPS) is 14.5. The molecule has 0 saturated carbocycles. The van der Waals surface area contributed by atoms with E-state index in [0.29, 0.717) is 25.9 Å². The zero-order valence-corrected chi connectivity index (χ0v) is 14.7. The third-order valence-electron chi connectivity index (χ3n) is 3.84. The Morgan fingerprint density at radius 1 is 1.00 bits per heavy atom. The van der Waals surface area contributed by atoms with Crippen LogP contribution < -0.4 is 16.0 Å². The van der Waals surface area contributed by atoms with Crippen LogP contribution in [0.2, 0.25) is 0 Å². The maximum Gasteiger partial charge on any atom is 0.224 e. The second-order valence-electron chi connectivity index (χ2n) is 5.70. The number of rotatable bonds is 8. The molecule has 1 aromatic rings. The van der Waals surface area contributed by atoms with E-state index in [9.17, 15) is 9.59 Å². The van der Waals surface area contributed by atoms with Gasteiger partial charge in [0.2, 0.25) is 11.8 Å². The summed E-state index contributed by atoms with van der Waals surface area (Å²) in [5, 5.41) is 8.98. The highest BCUT2D eigenvalue weighted by Crippen LogP contribution is 1.99. The first kappa shape index (κ1) is 20.4. The van der Waals surface area contributed by atoms with Crippen LogP contribution in [0.3, 0.4) is 0 Å². The second-order valence-corrected chi connectivity index (χ2v) is 5.70. The van der Waals surface area contributed by atoms with Crippen molar-refractivity contribution in [2.24, 2.45) is 0 Å². The third kappa shape index (κ3) is 8.29. The van der Waals surface area contributed by atoms with Gasteiger partial charge in [-0.25, -0.2) is 0 Å². The van der Waals surface area contributed by atoms with Gasteiger partial charge in [-0.1, -0.05) is 30.3 Å². The van der Waals surface area contributed by atoms with Gasteiger partial charge in [-0.05, 0) is 5.56 Å². The molecule has 2 amide bonds. The molecule has 1 fully saturated rings. The number of hydrogen-bond acceptors (Lipinski definition) is 4. The Morgan fingerprint density at radius 3 is 2.38 bits per heavy atom. The largest absolute Gasteiger partial charge is 0.355 e. The molecular formula is C17H27ClN4O2. The summed E-state index contributed by atoms with van der Waals surface area (Å²) in [5.41, 5.74) is 0.977. The molecule has 0 radical (unpaired) electrons. The number of nitrogens with one attached hydrogen (secondary N) is 3. The fraction of sp³-hybridized carbons (Fsp3) is 0.529. The molecule has 0 unspecified atom stereocenters. The molecular weight excluding hydrogens is 328 g/mol. The zero-order chi connectivity index (χ0) is 16.3. The predicted molar refractivity (Wildman–Crippen MR) is 97.3 cm³/mol. The smallest absolute Gasteiger partial charge is 0.224 e. The van der Waals surface area contributed by atoms with E-state index in [0.717, 1.165) is 38.3 Å². The number of carbonyl (C=O) groups excluding carboxylic acids is 2. The van der Waals surface area contributed by atoms with E-state index in [4.69, 9.17) is 0 Å². The highest BCUT2D eigenvalue weighted by molar-refractivity contribution is 5.85. The first-order chi connectivity index (χ1) is 11.2. The number of halogens is 1. The van der Waals surface area contributed by atoms with Crippen LogP contribution in [0, 0.1) is 0 Å². The number of nitrogens with zero attached hydrogens (tertiary/aromatic N) is 1. The fourth-order valence-electron chi connectivity index (χ4n) is 2.54. The Balaban J connectivity index is 0.00000288. The molecule has 1 aliphatic rings. The summed E-state index contributed by atoms with van der Waals surface area (Å²) < 4.78 is 0. The Bertz CT molecular complexity index is 493. The van der Waals surface area contributed by atoms with Gasteiger partial charge in [0.15, 0.2) is 0 Å². The third-order valence-corrected chi connectivity index (χ3v) is 3.84. The summed E-state index contributed by atoms with van der Waals surface area (Å²) >= 11 is 0. The maximum atomic E-state index is 11.8. The van der Waals surface area contributed by atoms with Crippen LogP contribution in [0.25, 0.3) is 0 Å². The Morgan fingerprint density at radius 2 is 1.67 bits per heavy atom. The lowest BCUT2D eigenvalue weighted by Gasteiger charge is -2.27. The van der Waals surface area contributed by atoms with Gasteiger partial charge >= 0.3 is 0 Å². The topological polar surface area (TPSA) is 73.5 Å². The molecule has 134 valence electrons. The molecule has 3 N–H and O–H groups in total. The summed E-state index contributed by atoms with van der Waals surface area (Å²) in [5.74, 6) is -0.0648. The quantitative estimate of drug-likeness (QED) is 0.622. The minimum absolute atomic E-state index is 0. The SMILES string of the molecule is Cl.O=C(CCNC(=O)Cc1ccccc1)NCCN1CCNCC1. The van der Waals surface area contributed by atoms with Crippen LogP contribution in [0.5, 0.6) is 0 Å². The Labute approximate surface area is 149 Å². The lowest BCUT2D eigenvalue weighted by atomic mass is 10.1. The summed E-state index contributed by atoms with van der Waals surface area (Å²) in [6.45, 7) is 6.02. The van der Waals surface area contributed by atoms with E-state index in [2.05, 4.69) is 20.9 Å². The molecule has 6 nitrogen and oxygen atoms in total. The van der Waals surface area contributed by atoms with Gasteiger partial charge in [0.25, 0.3) is 0 Å². The lowest BCUT2D eigenvalue weighted by Crippen LogP contribution is -2.46. The van der Waals surface area contributed by atoms with Crippen molar-refractivity contribution in [1.29, 1.82) is 0 Å². The summed E-state index contributed by atoms with van der Waals surface area (Å²) in [6.07, 6.45) is 0.674. The monoisotopic (exact) mass is 354 g/mol. The number of amides is 2. The summed E-state index contributed by atoms with van der Waals surface area (Å²) in [7, 11) is 0. The van der Waals surface area contributed by atoms with Crippen LogP contribution >= 0.6 is 12.4 Å². The molecule has 0 spiro atoms. The predicted octanol–water partition coefficient (Wildman–Crippen LogP) is 0.179. The minimum atomic E-state index is -0.0511. The maximum absolute atomic E-state index is 11.8. The van der Waals surface area contributed by atoms with Crippen molar-refractivity contribution >= 4 is 24.2 Å². The van der Waals surface area contributed by atoms with Gasteiger partial charge in [0, 0.05) is 52.2 Å². The van der Waals surface area contributed by atoms with Crippen molar-refractivity contribution in [2.75, 3.05) is 45.8 Å². The van der Waals surface area contributed by atoms with Crippen molar-refractivity contribution in [3.63, 3.8) is 0 Å².